The van der Waals surface area contributed by atoms with E-state index in [-0.39, 0.29) is 18.2 Å². The van der Waals surface area contributed by atoms with Gasteiger partial charge in [0.25, 0.3) is 0 Å². The van der Waals surface area contributed by atoms with E-state index < -0.39 is 0 Å². The molecule has 0 radical (unpaired) electrons. The fraction of sp³-hybridized carbons (Fsp3) is 0. The van der Waals surface area contributed by atoms with Gasteiger partial charge in [-0.1, -0.05) is 36.4 Å². The van der Waals surface area contributed by atoms with Crippen molar-refractivity contribution in [1.29, 1.82) is 5.26 Å². The average molecular weight is 284 g/mol. The zero-order chi connectivity index (χ0) is 13.1. The number of nitrogens with zero attached hydrogens (tertiary/aromatic N) is 5. The van der Waals surface area contributed by atoms with E-state index in [9.17, 15) is 0 Å². The molecule has 2 aromatic carbocycles. The van der Waals surface area contributed by atoms with E-state index in [2.05, 4.69) is 10.2 Å². The van der Waals surface area contributed by atoms with Crippen LogP contribution in [0.25, 0.3) is 11.4 Å². The Hall–Kier alpha value is -2.71. The molecule has 0 spiro atoms. The van der Waals surface area contributed by atoms with Gasteiger partial charge in [0, 0.05) is 9.90 Å². The highest BCUT2D eigenvalue weighted by molar-refractivity contribution is 5.28. The Morgan fingerprint density at radius 2 is 1.55 bits per heavy atom. The van der Waals surface area contributed by atoms with Gasteiger partial charge >= 0.3 is 5.82 Å². The SMILES string of the molecule is N#Cc1nn(-c2ccccc2)[n+](-c2ccccc2)n1.[Cl-]. The molecule has 0 atom stereocenters. The molecule has 98 valence electrons. The summed E-state index contributed by atoms with van der Waals surface area (Å²) < 4.78 is 0. The molecule has 0 N–H and O–H groups in total. The van der Waals surface area contributed by atoms with Crippen molar-refractivity contribution in [2.45, 2.75) is 0 Å². The molecule has 20 heavy (non-hydrogen) atoms. The highest BCUT2D eigenvalue weighted by Crippen LogP contribution is 2.04. The van der Waals surface area contributed by atoms with Crippen LogP contribution in [0.1, 0.15) is 5.82 Å². The largest absolute Gasteiger partial charge is 1.00 e. The van der Waals surface area contributed by atoms with Crippen molar-refractivity contribution in [3.63, 3.8) is 0 Å². The van der Waals surface area contributed by atoms with Crippen molar-refractivity contribution < 1.29 is 17.2 Å². The van der Waals surface area contributed by atoms with Gasteiger partial charge in [-0.2, -0.15) is 5.26 Å². The first-order valence-electron chi connectivity index (χ1n) is 5.79. The van der Waals surface area contributed by atoms with E-state index in [1.165, 1.54) is 0 Å². The zero-order valence-corrected chi connectivity index (χ0v) is 11.1. The topological polar surface area (TPSA) is 58.4 Å². The second-order valence-electron chi connectivity index (χ2n) is 3.89. The van der Waals surface area contributed by atoms with Gasteiger partial charge in [0.15, 0.2) is 11.8 Å². The molecular weight excluding hydrogens is 274 g/mol. The van der Waals surface area contributed by atoms with Crippen LogP contribution < -0.4 is 17.2 Å². The Balaban J connectivity index is 0.00000147. The third-order valence-corrected chi connectivity index (χ3v) is 2.63. The monoisotopic (exact) mass is 283 g/mol. The molecule has 0 saturated heterocycles. The van der Waals surface area contributed by atoms with Gasteiger partial charge in [0.2, 0.25) is 0 Å². The molecule has 0 aliphatic heterocycles. The summed E-state index contributed by atoms with van der Waals surface area (Å²) in [5.41, 5.74) is 1.70. The molecule has 3 rings (SSSR count). The Kier molecular flexibility index (Phi) is 4.08. The number of hydrogen-bond donors (Lipinski definition) is 0. The van der Waals surface area contributed by atoms with Crippen LogP contribution in [0, 0.1) is 11.3 Å². The van der Waals surface area contributed by atoms with Crippen molar-refractivity contribution in [1.82, 2.24) is 15.0 Å². The Labute approximate surface area is 122 Å². The van der Waals surface area contributed by atoms with Crippen LogP contribution in [0.5, 0.6) is 0 Å². The van der Waals surface area contributed by atoms with Crippen LogP contribution in [0.3, 0.4) is 0 Å². The first kappa shape index (κ1) is 13.7. The summed E-state index contributed by atoms with van der Waals surface area (Å²) in [5.74, 6) is 0.132. The first-order valence-corrected chi connectivity index (χ1v) is 5.79. The highest BCUT2D eigenvalue weighted by atomic mass is 35.5. The van der Waals surface area contributed by atoms with E-state index in [4.69, 9.17) is 5.26 Å². The Morgan fingerprint density at radius 3 is 2.15 bits per heavy atom. The van der Waals surface area contributed by atoms with Gasteiger partial charge in [-0.15, -0.1) is 0 Å². The number of benzene rings is 2. The predicted molar refractivity (Wildman–Crippen MR) is 67.6 cm³/mol. The van der Waals surface area contributed by atoms with E-state index in [1.807, 2.05) is 66.7 Å². The normalized spacial score (nSPS) is 9.55. The Bertz CT molecular complexity index is 674. The smallest absolute Gasteiger partial charge is 0.409 e. The minimum atomic E-state index is 0. The van der Waals surface area contributed by atoms with Crippen LogP contribution in [-0.2, 0) is 0 Å². The molecular formula is C14H10ClN5. The maximum absolute atomic E-state index is 8.97. The third-order valence-electron chi connectivity index (χ3n) is 2.63. The maximum Gasteiger partial charge on any atom is 0.409 e. The van der Waals surface area contributed by atoms with Crippen LogP contribution in [0.2, 0.25) is 0 Å². The van der Waals surface area contributed by atoms with E-state index in [1.54, 1.807) is 9.59 Å². The highest BCUT2D eigenvalue weighted by Gasteiger charge is 2.21. The third kappa shape index (κ3) is 2.51. The van der Waals surface area contributed by atoms with Gasteiger partial charge in [-0.05, 0) is 29.1 Å². The van der Waals surface area contributed by atoms with Crippen LogP contribution in [0.15, 0.2) is 60.7 Å². The number of nitriles is 1. The number of hydrogen-bond acceptors (Lipinski definition) is 3. The van der Waals surface area contributed by atoms with Crippen molar-refractivity contribution in [3.05, 3.63) is 66.5 Å². The molecule has 0 saturated carbocycles. The molecule has 0 aliphatic rings. The van der Waals surface area contributed by atoms with Gasteiger partial charge in [0.1, 0.15) is 5.69 Å². The summed E-state index contributed by atoms with van der Waals surface area (Å²) in [7, 11) is 0. The molecule has 0 amide bonds. The van der Waals surface area contributed by atoms with E-state index in [0.29, 0.717) is 0 Å². The average Bonchev–Trinajstić information content (AvgIpc) is 2.93. The lowest BCUT2D eigenvalue weighted by Crippen LogP contribution is -3.00. The summed E-state index contributed by atoms with van der Waals surface area (Å²) in [6, 6.07) is 21.1. The van der Waals surface area contributed by atoms with Crippen molar-refractivity contribution in [2.75, 3.05) is 0 Å². The fourth-order valence-electron chi connectivity index (χ4n) is 1.79. The quantitative estimate of drug-likeness (QED) is 0.534. The minimum Gasteiger partial charge on any atom is -1.00 e. The zero-order valence-electron chi connectivity index (χ0n) is 10.4. The number of tetrazole rings is 1. The molecule has 0 aliphatic carbocycles. The second-order valence-corrected chi connectivity index (χ2v) is 3.89. The minimum absolute atomic E-state index is 0. The second kappa shape index (κ2) is 5.95. The summed E-state index contributed by atoms with van der Waals surface area (Å²) in [6.45, 7) is 0. The lowest BCUT2D eigenvalue weighted by molar-refractivity contribution is -0.735. The number of halogens is 1. The Morgan fingerprint density at radius 1 is 0.950 bits per heavy atom. The number of para-hydroxylation sites is 2. The summed E-state index contributed by atoms with van der Waals surface area (Å²) >= 11 is 0. The number of aromatic nitrogens is 4. The summed E-state index contributed by atoms with van der Waals surface area (Å²) in [5, 5.41) is 17.3. The van der Waals surface area contributed by atoms with Crippen molar-refractivity contribution in [2.24, 2.45) is 0 Å². The van der Waals surface area contributed by atoms with Gasteiger partial charge in [-0.25, -0.2) is 0 Å². The van der Waals surface area contributed by atoms with Crippen LogP contribution in [0.4, 0.5) is 0 Å². The lowest BCUT2D eigenvalue weighted by Gasteiger charge is -1.98. The van der Waals surface area contributed by atoms with Gasteiger partial charge in [-0.3, -0.25) is 0 Å². The standard InChI is InChI=1S/C14H10N5.ClH/c15-11-14-16-18(12-7-3-1-4-8-12)19(17-14)13-9-5-2-6-10-13;/h1-10H;1H/q+1;/p-1. The first-order chi connectivity index (χ1) is 9.38. The molecule has 5 nitrogen and oxygen atoms in total. The molecule has 0 fully saturated rings. The van der Waals surface area contributed by atoms with Crippen molar-refractivity contribution >= 4 is 0 Å². The molecule has 3 aromatic rings. The molecule has 1 heterocycles. The molecule has 0 bridgehead atoms. The number of rotatable bonds is 2. The van der Waals surface area contributed by atoms with Crippen LogP contribution >= 0.6 is 0 Å². The molecule has 6 heteroatoms. The van der Waals surface area contributed by atoms with E-state index >= 15 is 0 Å². The fourth-order valence-corrected chi connectivity index (χ4v) is 1.79. The predicted octanol–water partition coefficient (Wildman–Crippen LogP) is -1.58. The lowest BCUT2D eigenvalue weighted by atomic mass is 10.3. The van der Waals surface area contributed by atoms with E-state index in [0.717, 1.165) is 11.4 Å². The maximum atomic E-state index is 8.97. The van der Waals surface area contributed by atoms with Crippen molar-refractivity contribution in [3.8, 4) is 17.4 Å². The van der Waals surface area contributed by atoms with Gasteiger partial charge < -0.3 is 12.4 Å². The van der Waals surface area contributed by atoms with Gasteiger partial charge in [0.05, 0.1) is 5.10 Å². The molecule has 0 unspecified atom stereocenters. The molecule has 1 aromatic heterocycles. The summed E-state index contributed by atoms with van der Waals surface area (Å²) in [6.07, 6.45) is 0. The van der Waals surface area contributed by atoms with Crippen LogP contribution in [-0.4, -0.2) is 15.0 Å². The summed E-state index contributed by atoms with van der Waals surface area (Å²) in [4.78, 5) is 3.21.